The molecule has 0 saturated carbocycles. The van der Waals surface area contributed by atoms with Crippen LogP contribution in [0.25, 0.3) is 0 Å². The number of halogens is 5. The van der Waals surface area contributed by atoms with Crippen molar-refractivity contribution in [3.63, 3.8) is 0 Å². The molecule has 0 radical (unpaired) electrons. The van der Waals surface area contributed by atoms with Crippen molar-refractivity contribution in [2.24, 2.45) is 21.7 Å². The molecule has 6 rings (SSSR count). The van der Waals surface area contributed by atoms with E-state index in [0.29, 0.717) is 30.4 Å². The lowest BCUT2D eigenvalue weighted by Gasteiger charge is -2.35. The number of aromatic nitrogens is 1. The maximum Gasteiger partial charge on any atom is 0.416 e. The number of nitrogens with one attached hydrogen (secondary N) is 1. The molecule has 0 spiro atoms. The predicted octanol–water partition coefficient (Wildman–Crippen LogP) is 4.57. The molecule has 4 aliphatic heterocycles. The third-order valence-corrected chi connectivity index (χ3v) is 7.96. The highest BCUT2D eigenvalue weighted by Crippen LogP contribution is 2.42. The molecule has 4 aliphatic rings. The fourth-order valence-electron chi connectivity index (χ4n) is 5.88. The van der Waals surface area contributed by atoms with E-state index in [0.717, 1.165) is 37.6 Å². The minimum absolute atomic E-state index is 0.0647. The number of quaternary nitrogens is 1. The minimum atomic E-state index is -4.66. The second kappa shape index (κ2) is 10.6. The van der Waals surface area contributed by atoms with Gasteiger partial charge in [0.1, 0.15) is 29.0 Å². The second-order valence-electron chi connectivity index (χ2n) is 10.5. The molecule has 15 heteroatoms. The molecule has 0 aliphatic carbocycles. The Bertz CT molecular complexity index is 1620. The number of carbonyl (C=O) groups is 2. The van der Waals surface area contributed by atoms with Crippen LogP contribution in [0.1, 0.15) is 47.2 Å². The third kappa shape index (κ3) is 5.29. The van der Waals surface area contributed by atoms with Crippen molar-refractivity contribution < 1.29 is 40.9 Å². The van der Waals surface area contributed by atoms with Gasteiger partial charge in [0, 0.05) is 36.7 Å². The number of hydrogen-bond acceptors (Lipinski definition) is 7. The number of rotatable bonds is 6. The van der Waals surface area contributed by atoms with Gasteiger partial charge in [-0.1, -0.05) is 0 Å². The van der Waals surface area contributed by atoms with Gasteiger partial charge in [-0.2, -0.15) is 32.8 Å². The third-order valence-electron chi connectivity index (χ3n) is 7.96. The van der Waals surface area contributed by atoms with E-state index in [9.17, 15) is 31.5 Å². The SMILES string of the molecule is N[N+]12C=CN=CC1=C([C@@H]1CC[C@H]3CCC(=O)N3C1)N=C2c1ccc(C(=O)Nc2cc(C(F)(F)F)ccn2)cc1OC(F)F. The number of piperidine rings is 1. The zero-order chi connectivity index (χ0) is 30.5. The number of alkyl halides is 5. The smallest absolute Gasteiger partial charge is 0.416 e. The van der Waals surface area contributed by atoms with Gasteiger partial charge < -0.3 is 15.0 Å². The summed E-state index contributed by atoms with van der Waals surface area (Å²) in [5.74, 6) is 5.12. The van der Waals surface area contributed by atoms with E-state index in [2.05, 4.69) is 15.3 Å². The van der Waals surface area contributed by atoms with E-state index < -0.39 is 34.6 Å². The van der Waals surface area contributed by atoms with Gasteiger partial charge in [-0.15, -0.1) is 4.59 Å². The van der Waals surface area contributed by atoms with Crippen LogP contribution in [-0.4, -0.2) is 57.5 Å². The Morgan fingerprint density at radius 2 is 1.98 bits per heavy atom. The van der Waals surface area contributed by atoms with E-state index in [1.54, 1.807) is 6.21 Å². The van der Waals surface area contributed by atoms with Crippen LogP contribution in [0.3, 0.4) is 0 Å². The zero-order valence-electron chi connectivity index (χ0n) is 22.4. The molecule has 2 saturated heterocycles. The maximum atomic E-state index is 13.6. The van der Waals surface area contributed by atoms with Gasteiger partial charge in [-0.05, 0) is 49.6 Å². The fraction of sp³-hybridized carbons (Fsp3) is 0.321. The molecule has 43 heavy (non-hydrogen) atoms. The van der Waals surface area contributed by atoms with Crippen LogP contribution >= 0.6 is 0 Å². The summed E-state index contributed by atoms with van der Waals surface area (Å²) in [6, 6.07) is 5.25. The average molecular weight is 603 g/mol. The summed E-state index contributed by atoms with van der Waals surface area (Å²) in [7, 11) is 0. The van der Waals surface area contributed by atoms with Crippen LogP contribution < -0.4 is 15.9 Å². The number of benzene rings is 1. The summed E-state index contributed by atoms with van der Waals surface area (Å²) in [6.07, 6.45) is 3.58. The number of hydrogen-bond donors (Lipinski definition) is 2. The number of amidine groups is 1. The molecular weight excluding hydrogens is 577 g/mol. The first kappa shape index (κ1) is 28.6. The van der Waals surface area contributed by atoms with Gasteiger partial charge in [-0.25, -0.2) is 4.98 Å². The summed E-state index contributed by atoms with van der Waals surface area (Å²) in [6.45, 7) is -2.84. The largest absolute Gasteiger partial charge is 0.434 e. The Hall–Kier alpha value is -4.50. The molecule has 0 bridgehead atoms. The summed E-state index contributed by atoms with van der Waals surface area (Å²) in [5, 5.41) is 2.24. The predicted molar refractivity (Wildman–Crippen MR) is 143 cm³/mol. The number of carbonyl (C=O) groups excluding carboxylic acids is 2. The highest BCUT2D eigenvalue weighted by atomic mass is 19.4. The lowest BCUT2D eigenvalue weighted by Crippen LogP contribution is -2.53. The van der Waals surface area contributed by atoms with Crippen molar-refractivity contribution in [1.29, 1.82) is 0 Å². The van der Waals surface area contributed by atoms with Crippen LogP contribution in [0.2, 0.25) is 0 Å². The molecule has 1 unspecified atom stereocenters. The van der Waals surface area contributed by atoms with Crippen LogP contribution in [0.4, 0.5) is 27.8 Å². The molecule has 2 amide bonds. The first-order valence-electron chi connectivity index (χ1n) is 13.4. The molecule has 3 atom stereocenters. The number of pyridine rings is 1. The quantitative estimate of drug-likeness (QED) is 0.285. The van der Waals surface area contributed by atoms with Gasteiger partial charge >= 0.3 is 12.8 Å². The van der Waals surface area contributed by atoms with Crippen LogP contribution in [-0.2, 0) is 11.0 Å². The van der Waals surface area contributed by atoms with Gasteiger partial charge in [0.15, 0.2) is 0 Å². The topological polar surface area (TPSA) is 122 Å². The average Bonchev–Trinajstić information content (AvgIpc) is 3.49. The number of anilines is 1. The Morgan fingerprint density at radius 1 is 1.16 bits per heavy atom. The van der Waals surface area contributed by atoms with Gasteiger partial charge in [0.05, 0.1) is 18.0 Å². The van der Waals surface area contributed by atoms with Crippen LogP contribution in [0.15, 0.2) is 70.3 Å². The lowest BCUT2D eigenvalue weighted by molar-refractivity contribution is -0.750. The molecule has 2 fully saturated rings. The summed E-state index contributed by atoms with van der Waals surface area (Å²) < 4.78 is 70.7. The van der Waals surface area contributed by atoms with Crippen molar-refractivity contribution in [1.82, 2.24) is 9.88 Å². The van der Waals surface area contributed by atoms with Crippen LogP contribution in [0.5, 0.6) is 5.75 Å². The standard InChI is InChI=1S/C28H24F5N7O3/c29-27(30)43-21-11-15(26(42)37-22-12-17(7-8-36-22)28(31,32)33)2-5-19(21)25-38-24(20-13-35-9-10-40(20,25)34)16-1-3-18-4-6-23(41)39(18)14-16/h2,5,7-13,16,18,27H,1,3-4,6,14,34H2/p+1/t16-,18+,40?/m1/s1. The normalized spacial score (nSPS) is 24.8. The number of fused-ring (bicyclic) bond motifs is 2. The van der Waals surface area contributed by atoms with Crippen LogP contribution in [0, 0.1) is 5.92 Å². The maximum absolute atomic E-state index is 13.6. The Labute approximate surface area is 241 Å². The van der Waals surface area contributed by atoms with Crippen molar-refractivity contribution >= 4 is 29.7 Å². The van der Waals surface area contributed by atoms with E-state index >= 15 is 0 Å². The molecule has 224 valence electrons. The first-order valence-corrected chi connectivity index (χ1v) is 13.4. The summed E-state index contributed by atoms with van der Waals surface area (Å²) in [4.78, 5) is 39.9. The fourth-order valence-corrected chi connectivity index (χ4v) is 5.88. The summed E-state index contributed by atoms with van der Waals surface area (Å²) >= 11 is 0. The van der Waals surface area contributed by atoms with E-state index in [-0.39, 0.29) is 40.6 Å². The number of ether oxygens (including phenoxy) is 1. The molecule has 1 aromatic heterocycles. The van der Waals surface area contributed by atoms with Gasteiger partial charge in [0.25, 0.3) is 11.7 Å². The van der Waals surface area contributed by atoms with Crippen molar-refractivity contribution in [3.8, 4) is 5.75 Å². The lowest BCUT2D eigenvalue weighted by atomic mass is 9.90. The van der Waals surface area contributed by atoms with Gasteiger partial charge in [-0.3, -0.25) is 14.6 Å². The molecule has 5 heterocycles. The van der Waals surface area contributed by atoms with E-state index in [4.69, 9.17) is 15.6 Å². The van der Waals surface area contributed by atoms with Gasteiger partial charge in [0.2, 0.25) is 11.6 Å². The number of amides is 2. The molecular formula is C28H25F5N7O3+. The highest BCUT2D eigenvalue weighted by Gasteiger charge is 2.49. The zero-order valence-corrected chi connectivity index (χ0v) is 22.4. The van der Waals surface area contributed by atoms with E-state index in [1.807, 2.05) is 4.90 Å². The Morgan fingerprint density at radius 3 is 2.74 bits per heavy atom. The minimum Gasteiger partial charge on any atom is -0.434 e. The number of allylic oxidation sites excluding steroid dienone is 1. The molecule has 10 nitrogen and oxygen atoms in total. The van der Waals surface area contributed by atoms with Crippen molar-refractivity contribution in [2.45, 2.75) is 44.5 Å². The Kier molecular flexibility index (Phi) is 7.08. The van der Waals surface area contributed by atoms with Crippen molar-refractivity contribution in [2.75, 3.05) is 11.9 Å². The summed E-state index contributed by atoms with van der Waals surface area (Å²) in [5.41, 5.74) is -0.0613. The number of aliphatic imine (C=N–C) groups is 2. The Balaban J connectivity index is 1.34. The van der Waals surface area contributed by atoms with E-state index in [1.165, 1.54) is 24.5 Å². The molecule has 3 N–H and O–H groups in total. The number of nitrogens with zero attached hydrogens (tertiary/aromatic N) is 5. The number of nitrogens with two attached hydrogens (primary N) is 1. The highest BCUT2D eigenvalue weighted by molar-refractivity contribution is 6.07. The second-order valence-corrected chi connectivity index (χ2v) is 10.5. The molecule has 2 aromatic rings. The first-order chi connectivity index (χ1) is 20.4. The monoisotopic (exact) mass is 602 g/mol. The molecule has 1 aromatic carbocycles. The van der Waals surface area contributed by atoms with Crippen molar-refractivity contribution in [3.05, 3.63) is 77.0 Å².